The molecule has 0 radical (unpaired) electrons. The Balaban J connectivity index is 2.07. The van der Waals surface area contributed by atoms with E-state index in [2.05, 4.69) is 10.1 Å². The highest BCUT2D eigenvalue weighted by atomic mass is 32.2. The molecule has 0 atom stereocenters. The van der Waals surface area contributed by atoms with E-state index in [1.807, 2.05) is 0 Å². The average Bonchev–Trinajstić information content (AvgIpc) is 2.53. The van der Waals surface area contributed by atoms with Crippen molar-refractivity contribution in [2.45, 2.75) is 24.1 Å². The Labute approximate surface area is 137 Å². The van der Waals surface area contributed by atoms with Gasteiger partial charge in [0.25, 0.3) is 0 Å². The van der Waals surface area contributed by atoms with E-state index in [1.54, 1.807) is 0 Å². The summed E-state index contributed by atoms with van der Waals surface area (Å²) < 4.78 is 66.3. The summed E-state index contributed by atoms with van der Waals surface area (Å²) >= 11 is 0. The van der Waals surface area contributed by atoms with E-state index in [0.717, 1.165) is 24.3 Å². The lowest BCUT2D eigenvalue weighted by atomic mass is 9.97. The van der Waals surface area contributed by atoms with Gasteiger partial charge in [0.2, 0.25) is 15.9 Å². The predicted molar refractivity (Wildman–Crippen MR) is 78.7 cm³/mol. The van der Waals surface area contributed by atoms with Gasteiger partial charge in [-0.1, -0.05) is 0 Å². The van der Waals surface area contributed by atoms with Gasteiger partial charge < -0.3 is 10.1 Å². The second-order valence-electron chi connectivity index (χ2n) is 5.31. The number of rotatable bonds is 4. The highest BCUT2D eigenvalue weighted by Gasteiger charge is 2.33. The molecule has 0 spiro atoms. The van der Waals surface area contributed by atoms with Crippen molar-refractivity contribution in [1.82, 2.24) is 9.62 Å². The summed E-state index contributed by atoms with van der Waals surface area (Å²) in [4.78, 5) is 11.4. The topological polar surface area (TPSA) is 75.7 Å². The molecule has 6 nitrogen and oxygen atoms in total. The summed E-state index contributed by atoms with van der Waals surface area (Å²) in [5.41, 5.74) is 0. The fourth-order valence-electron chi connectivity index (χ4n) is 2.52. The molecule has 2 rings (SSSR count). The molecule has 0 unspecified atom stereocenters. The molecule has 1 heterocycles. The Kier molecular flexibility index (Phi) is 5.38. The number of halogens is 3. The Morgan fingerprint density at radius 1 is 1.21 bits per heavy atom. The summed E-state index contributed by atoms with van der Waals surface area (Å²) in [7, 11) is -2.29. The number of sulfonamides is 1. The average molecular weight is 366 g/mol. The summed E-state index contributed by atoms with van der Waals surface area (Å²) in [5.74, 6) is -0.843. The van der Waals surface area contributed by atoms with Crippen LogP contribution in [0.15, 0.2) is 29.2 Å². The van der Waals surface area contributed by atoms with Crippen LogP contribution < -0.4 is 10.1 Å². The number of amides is 1. The number of alkyl halides is 3. The molecule has 134 valence electrons. The van der Waals surface area contributed by atoms with Gasteiger partial charge in [0.05, 0.1) is 4.90 Å². The van der Waals surface area contributed by atoms with Gasteiger partial charge in [-0.2, -0.15) is 4.31 Å². The minimum Gasteiger partial charge on any atom is -0.406 e. The number of ether oxygens (including phenoxy) is 1. The summed E-state index contributed by atoms with van der Waals surface area (Å²) in [6, 6.07) is 4.05. The van der Waals surface area contributed by atoms with Crippen LogP contribution in [-0.2, 0) is 14.8 Å². The predicted octanol–water partition coefficient (Wildman–Crippen LogP) is 1.73. The van der Waals surface area contributed by atoms with Gasteiger partial charge in [-0.05, 0) is 37.1 Å². The van der Waals surface area contributed by atoms with Crippen molar-refractivity contribution in [3.05, 3.63) is 24.3 Å². The number of nitrogens with one attached hydrogen (secondary N) is 1. The van der Waals surface area contributed by atoms with Crippen LogP contribution in [0.2, 0.25) is 0 Å². The molecule has 0 saturated carbocycles. The van der Waals surface area contributed by atoms with Gasteiger partial charge in [0.15, 0.2) is 0 Å². The normalized spacial score (nSPS) is 17.5. The van der Waals surface area contributed by atoms with Crippen LogP contribution in [0.25, 0.3) is 0 Å². The van der Waals surface area contributed by atoms with Crippen molar-refractivity contribution in [2.75, 3.05) is 20.1 Å². The maximum Gasteiger partial charge on any atom is 0.573 e. The molecular formula is C14H17F3N2O4S. The molecule has 0 bridgehead atoms. The Hall–Kier alpha value is -1.81. The summed E-state index contributed by atoms with van der Waals surface area (Å²) in [5, 5.41) is 2.53. The van der Waals surface area contributed by atoms with Crippen molar-refractivity contribution in [2.24, 2.45) is 5.92 Å². The molecule has 0 aliphatic carbocycles. The fourth-order valence-corrected chi connectivity index (χ4v) is 3.99. The first kappa shape index (κ1) is 18.5. The molecule has 1 fully saturated rings. The van der Waals surface area contributed by atoms with Crippen LogP contribution in [-0.4, -0.2) is 45.1 Å². The molecule has 24 heavy (non-hydrogen) atoms. The first-order valence-electron chi connectivity index (χ1n) is 7.21. The highest BCUT2D eigenvalue weighted by Crippen LogP contribution is 2.27. The van der Waals surface area contributed by atoms with Crippen LogP contribution in [0.3, 0.4) is 0 Å². The lowest BCUT2D eigenvalue weighted by Crippen LogP contribution is -2.42. The molecule has 1 aliphatic heterocycles. The van der Waals surface area contributed by atoms with E-state index in [1.165, 1.54) is 11.4 Å². The molecule has 1 saturated heterocycles. The largest absolute Gasteiger partial charge is 0.573 e. The maximum atomic E-state index is 12.5. The van der Waals surface area contributed by atoms with Crippen molar-refractivity contribution in [1.29, 1.82) is 0 Å². The first-order chi connectivity index (χ1) is 11.1. The lowest BCUT2D eigenvalue weighted by molar-refractivity contribution is -0.274. The molecule has 1 amide bonds. The maximum absolute atomic E-state index is 12.5. The second kappa shape index (κ2) is 6.98. The van der Waals surface area contributed by atoms with Crippen molar-refractivity contribution in [3.8, 4) is 5.75 Å². The summed E-state index contributed by atoms with van der Waals surface area (Å²) in [6.45, 7) is 0.364. The van der Waals surface area contributed by atoms with Crippen molar-refractivity contribution >= 4 is 15.9 Å². The van der Waals surface area contributed by atoms with Gasteiger partial charge in [-0.25, -0.2) is 8.42 Å². The summed E-state index contributed by atoms with van der Waals surface area (Å²) in [6.07, 6.45) is -4.04. The van der Waals surface area contributed by atoms with Gasteiger partial charge >= 0.3 is 6.36 Å². The van der Waals surface area contributed by atoms with E-state index >= 15 is 0 Å². The third-order valence-corrected chi connectivity index (χ3v) is 5.68. The van der Waals surface area contributed by atoms with Gasteiger partial charge in [0.1, 0.15) is 5.75 Å². The third kappa shape index (κ3) is 4.38. The first-order valence-corrected chi connectivity index (χ1v) is 8.65. The van der Waals surface area contributed by atoms with Gasteiger partial charge in [-0.15, -0.1) is 13.2 Å². The SMILES string of the molecule is CNC(=O)C1CCN(S(=O)(=O)c2ccc(OC(F)(F)F)cc2)CC1. The number of nitrogens with zero attached hydrogens (tertiary/aromatic N) is 1. The van der Waals surface area contributed by atoms with Crippen molar-refractivity contribution < 1.29 is 31.1 Å². The molecule has 0 aromatic heterocycles. The molecule has 1 aliphatic rings. The number of piperidine rings is 1. The quantitative estimate of drug-likeness (QED) is 0.881. The zero-order chi connectivity index (χ0) is 18.0. The third-order valence-electron chi connectivity index (χ3n) is 3.77. The number of carbonyl (C=O) groups excluding carboxylic acids is 1. The molecule has 1 N–H and O–H groups in total. The van der Waals surface area contributed by atoms with Crippen LogP contribution in [0.1, 0.15) is 12.8 Å². The second-order valence-corrected chi connectivity index (χ2v) is 7.25. The standard InChI is InChI=1S/C14H17F3N2O4S/c1-18-13(20)10-6-8-19(9-7-10)24(21,22)12-4-2-11(3-5-12)23-14(15,16)17/h2-5,10H,6-9H2,1H3,(H,18,20). The van der Waals surface area contributed by atoms with E-state index in [9.17, 15) is 26.4 Å². The Morgan fingerprint density at radius 2 is 1.75 bits per heavy atom. The molecule has 1 aromatic rings. The van der Waals surface area contributed by atoms with Gasteiger partial charge in [-0.3, -0.25) is 4.79 Å². The van der Waals surface area contributed by atoms with E-state index in [4.69, 9.17) is 0 Å². The number of carbonyl (C=O) groups is 1. The van der Waals surface area contributed by atoms with Crippen LogP contribution in [0, 0.1) is 5.92 Å². The van der Waals surface area contributed by atoms with Crippen LogP contribution >= 0.6 is 0 Å². The lowest BCUT2D eigenvalue weighted by Gasteiger charge is -2.30. The highest BCUT2D eigenvalue weighted by molar-refractivity contribution is 7.89. The van der Waals surface area contributed by atoms with Crippen molar-refractivity contribution in [3.63, 3.8) is 0 Å². The zero-order valence-corrected chi connectivity index (χ0v) is 13.7. The minimum atomic E-state index is -4.83. The van der Waals surface area contributed by atoms with E-state index in [-0.39, 0.29) is 29.8 Å². The Bertz CT molecular complexity index is 681. The number of benzene rings is 1. The monoisotopic (exact) mass is 366 g/mol. The van der Waals surface area contributed by atoms with Gasteiger partial charge in [0, 0.05) is 26.1 Å². The smallest absolute Gasteiger partial charge is 0.406 e. The van der Waals surface area contributed by atoms with Crippen LogP contribution in [0.4, 0.5) is 13.2 Å². The zero-order valence-electron chi connectivity index (χ0n) is 12.8. The van der Waals surface area contributed by atoms with E-state index in [0.29, 0.717) is 12.8 Å². The minimum absolute atomic E-state index is 0.115. The van der Waals surface area contributed by atoms with Crippen LogP contribution in [0.5, 0.6) is 5.75 Å². The molecular weight excluding hydrogens is 349 g/mol. The molecule has 1 aromatic carbocycles. The molecule has 10 heteroatoms. The number of hydrogen-bond acceptors (Lipinski definition) is 4. The fraction of sp³-hybridized carbons (Fsp3) is 0.500. The number of hydrogen-bond donors (Lipinski definition) is 1. The Morgan fingerprint density at radius 3 is 2.21 bits per heavy atom. The van der Waals surface area contributed by atoms with E-state index < -0.39 is 22.1 Å².